The third kappa shape index (κ3) is 4.31. The van der Waals surface area contributed by atoms with Gasteiger partial charge in [-0.3, -0.25) is 4.79 Å². The molecule has 1 fully saturated rings. The number of hydrogen-bond acceptors (Lipinski definition) is 3. The standard InChI is InChI=1S/C12H21NO3/c1-3-11-10(6-7-16-11)8-13-12(15)5-4-9(2)14/h10-11H,3-8H2,1-2H3,(H,13,15). The van der Waals surface area contributed by atoms with Crippen LogP contribution in [0.5, 0.6) is 0 Å². The highest BCUT2D eigenvalue weighted by molar-refractivity contribution is 5.83. The van der Waals surface area contributed by atoms with E-state index in [0.29, 0.717) is 25.3 Å². The van der Waals surface area contributed by atoms with Gasteiger partial charge in [-0.25, -0.2) is 0 Å². The minimum absolute atomic E-state index is 0.0306. The lowest BCUT2D eigenvalue weighted by Gasteiger charge is -2.17. The average molecular weight is 227 g/mol. The highest BCUT2D eigenvalue weighted by atomic mass is 16.5. The molecule has 2 unspecified atom stereocenters. The summed E-state index contributed by atoms with van der Waals surface area (Å²) < 4.78 is 5.54. The molecule has 0 aromatic carbocycles. The van der Waals surface area contributed by atoms with Crippen LogP contribution in [0.4, 0.5) is 0 Å². The van der Waals surface area contributed by atoms with Crippen molar-refractivity contribution in [3.63, 3.8) is 0 Å². The first-order chi connectivity index (χ1) is 7.63. The number of carbonyl (C=O) groups is 2. The molecule has 1 N–H and O–H groups in total. The lowest BCUT2D eigenvalue weighted by Crippen LogP contribution is -2.32. The van der Waals surface area contributed by atoms with Crippen molar-refractivity contribution < 1.29 is 14.3 Å². The highest BCUT2D eigenvalue weighted by Crippen LogP contribution is 2.22. The number of carbonyl (C=O) groups excluding carboxylic acids is 2. The van der Waals surface area contributed by atoms with E-state index in [1.54, 1.807) is 0 Å². The molecule has 0 aromatic rings. The van der Waals surface area contributed by atoms with Crippen LogP contribution in [0.3, 0.4) is 0 Å². The number of rotatable bonds is 6. The molecule has 16 heavy (non-hydrogen) atoms. The second-order valence-corrected chi connectivity index (χ2v) is 4.37. The van der Waals surface area contributed by atoms with Gasteiger partial charge in [0, 0.05) is 31.9 Å². The van der Waals surface area contributed by atoms with Crippen molar-refractivity contribution in [2.45, 2.75) is 45.6 Å². The van der Waals surface area contributed by atoms with Gasteiger partial charge in [-0.05, 0) is 19.8 Å². The summed E-state index contributed by atoms with van der Waals surface area (Å²) in [4.78, 5) is 22.1. The van der Waals surface area contributed by atoms with Crippen molar-refractivity contribution in [3.8, 4) is 0 Å². The smallest absolute Gasteiger partial charge is 0.220 e. The lowest BCUT2D eigenvalue weighted by atomic mass is 9.99. The summed E-state index contributed by atoms with van der Waals surface area (Å²) in [6.45, 7) is 5.08. The first-order valence-electron chi connectivity index (χ1n) is 6.01. The molecule has 0 aromatic heterocycles. The van der Waals surface area contributed by atoms with E-state index in [1.807, 2.05) is 0 Å². The van der Waals surface area contributed by atoms with E-state index in [4.69, 9.17) is 4.74 Å². The second kappa shape index (κ2) is 6.63. The second-order valence-electron chi connectivity index (χ2n) is 4.37. The quantitative estimate of drug-likeness (QED) is 0.744. The first-order valence-corrected chi connectivity index (χ1v) is 6.01. The fraction of sp³-hybridized carbons (Fsp3) is 0.833. The van der Waals surface area contributed by atoms with Gasteiger partial charge in [0.15, 0.2) is 0 Å². The van der Waals surface area contributed by atoms with Crippen molar-refractivity contribution in [2.75, 3.05) is 13.2 Å². The number of nitrogens with one attached hydrogen (secondary N) is 1. The minimum Gasteiger partial charge on any atom is -0.378 e. The van der Waals surface area contributed by atoms with Crippen LogP contribution in [-0.2, 0) is 14.3 Å². The van der Waals surface area contributed by atoms with E-state index in [2.05, 4.69) is 12.2 Å². The molecule has 92 valence electrons. The van der Waals surface area contributed by atoms with Gasteiger partial charge in [-0.2, -0.15) is 0 Å². The maximum atomic E-state index is 11.4. The Morgan fingerprint density at radius 2 is 2.12 bits per heavy atom. The molecule has 2 atom stereocenters. The van der Waals surface area contributed by atoms with E-state index >= 15 is 0 Å². The van der Waals surface area contributed by atoms with Gasteiger partial charge in [-0.15, -0.1) is 0 Å². The SMILES string of the molecule is CCC1OCCC1CNC(=O)CCC(C)=O. The predicted molar refractivity (Wildman–Crippen MR) is 61.1 cm³/mol. The summed E-state index contributed by atoms with van der Waals surface area (Å²) in [5, 5.41) is 2.87. The van der Waals surface area contributed by atoms with Crippen molar-refractivity contribution in [1.82, 2.24) is 5.32 Å². The molecular weight excluding hydrogens is 206 g/mol. The fourth-order valence-electron chi connectivity index (χ4n) is 2.00. The van der Waals surface area contributed by atoms with Crippen LogP contribution in [0.15, 0.2) is 0 Å². The summed E-state index contributed by atoms with van der Waals surface area (Å²) in [6, 6.07) is 0. The maximum absolute atomic E-state index is 11.4. The van der Waals surface area contributed by atoms with E-state index in [1.165, 1.54) is 6.92 Å². The zero-order valence-electron chi connectivity index (χ0n) is 10.1. The molecular formula is C12H21NO3. The van der Waals surface area contributed by atoms with Gasteiger partial charge in [0.25, 0.3) is 0 Å². The molecule has 1 heterocycles. The molecule has 1 amide bonds. The summed E-state index contributed by atoms with van der Waals surface area (Å²) in [6.07, 6.45) is 2.94. The molecule has 1 aliphatic rings. The third-order valence-corrected chi connectivity index (χ3v) is 3.01. The van der Waals surface area contributed by atoms with Crippen LogP contribution in [0.1, 0.15) is 39.5 Å². The number of hydrogen-bond donors (Lipinski definition) is 1. The summed E-state index contributed by atoms with van der Waals surface area (Å²) in [5.41, 5.74) is 0. The average Bonchev–Trinajstić information content (AvgIpc) is 2.70. The number of amides is 1. The van der Waals surface area contributed by atoms with Gasteiger partial charge >= 0.3 is 0 Å². The van der Waals surface area contributed by atoms with Crippen LogP contribution in [0, 0.1) is 5.92 Å². The third-order valence-electron chi connectivity index (χ3n) is 3.01. The number of ether oxygens (including phenoxy) is 1. The van der Waals surface area contributed by atoms with Crippen molar-refractivity contribution in [1.29, 1.82) is 0 Å². The largest absolute Gasteiger partial charge is 0.378 e. The van der Waals surface area contributed by atoms with Crippen molar-refractivity contribution >= 4 is 11.7 Å². The highest BCUT2D eigenvalue weighted by Gasteiger charge is 2.26. The Kier molecular flexibility index (Phi) is 5.46. The molecule has 0 spiro atoms. The van der Waals surface area contributed by atoms with Gasteiger partial charge in [0.2, 0.25) is 5.91 Å². The maximum Gasteiger partial charge on any atom is 0.220 e. The molecule has 1 saturated heterocycles. The summed E-state index contributed by atoms with van der Waals surface area (Å²) >= 11 is 0. The Morgan fingerprint density at radius 1 is 1.38 bits per heavy atom. The predicted octanol–water partition coefficient (Wildman–Crippen LogP) is 1.29. The molecule has 4 heteroatoms. The Bertz CT molecular complexity index is 253. The van der Waals surface area contributed by atoms with Crippen LogP contribution >= 0.6 is 0 Å². The fourth-order valence-corrected chi connectivity index (χ4v) is 2.00. The van der Waals surface area contributed by atoms with Crippen LogP contribution in [0.25, 0.3) is 0 Å². The van der Waals surface area contributed by atoms with Crippen molar-refractivity contribution in [2.24, 2.45) is 5.92 Å². The van der Waals surface area contributed by atoms with Gasteiger partial charge in [0.05, 0.1) is 6.10 Å². The lowest BCUT2D eigenvalue weighted by molar-refractivity contribution is -0.124. The molecule has 0 radical (unpaired) electrons. The molecule has 1 rings (SSSR count). The van der Waals surface area contributed by atoms with Gasteiger partial charge in [-0.1, -0.05) is 6.92 Å². The monoisotopic (exact) mass is 227 g/mol. The number of Topliss-reactive ketones (excluding diaryl/α,β-unsaturated/α-hetero) is 1. The van der Waals surface area contributed by atoms with Crippen molar-refractivity contribution in [3.05, 3.63) is 0 Å². The molecule has 1 aliphatic heterocycles. The van der Waals surface area contributed by atoms with Crippen LogP contribution in [0.2, 0.25) is 0 Å². The molecule has 0 saturated carbocycles. The van der Waals surface area contributed by atoms with Crippen LogP contribution in [-0.4, -0.2) is 30.9 Å². The molecule has 0 bridgehead atoms. The zero-order chi connectivity index (χ0) is 12.0. The number of ketones is 1. The Hall–Kier alpha value is -0.900. The normalized spacial score (nSPS) is 24.4. The topological polar surface area (TPSA) is 55.4 Å². The van der Waals surface area contributed by atoms with E-state index < -0.39 is 0 Å². The van der Waals surface area contributed by atoms with E-state index in [9.17, 15) is 9.59 Å². The van der Waals surface area contributed by atoms with Gasteiger partial charge < -0.3 is 14.8 Å². The molecule has 0 aliphatic carbocycles. The zero-order valence-corrected chi connectivity index (χ0v) is 10.1. The Labute approximate surface area is 96.7 Å². The van der Waals surface area contributed by atoms with Gasteiger partial charge in [0.1, 0.15) is 5.78 Å². The summed E-state index contributed by atoms with van der Waals surface area (Å²) in [5.74, 6) is 0.467. The Balaban J connectivity index is 2.18. The Morgan fingerprint density at radius 3 is 2.75 bits per heavy atom. The minimum atomic E-state index is -0.0306. The van der Waals surface area contributed by atoms with Crippen LogP contribution < -0.4 is 5.32 Å². The molecule has 4 nitrogen and oxygen atoms in total. The first kappa shape index (κ1) is 13.2. The van der Waals surface area contributed by atoms with E-state index in [0.717, 1.165) is 19.4 Å². The summed E-state index contributed by atoms with van der Waals surface area (Å²) in [7, 11) is 0. The van der Waals surface area contributed by atoms with E-state index in [-0.39, 0.29) is 17.8 Å².